The summed E-state index contributed by atoms with van der Waals surface area (Å²) in [6.07, 6.45) is 9.30. The number of fused-ring (bicyclic) bond motifs is 1. The molecule has 1 aliphatic heterocycles. The second-order valence-corrected chi connectivity index (χ2v) is 9.73. The summed E-state index contributed by atoms with van der Waals surface area (Å²) in [4.78, 5) is 35.0. The Morgan fingerprint density at radius 1 is 1.11 bits per heavy atom. The van der Waals surface area contributed by atoms with Crippen LogP contribution in [0.25, 0.3) is 0 Å². The van der Waals surface area contributed by atoms with Crippen LogP contribution in [0.5, 0.6) is 5.88 Å². The fraction of sp³-hybridized carbons (Fsp3) is 0.556. The number of unbranched alkanes of at least 4 members (excludes halogenated alkanes) is 3. The van der Waals surface area contributed by atoms with Crippen molar-refractivity contribution in [2.45, 2.75) is 77.0 Å². The lowest BCUT2D eigenvalue weighted by Crippen LogP contribution is -2.32. The number of ether oxygens (including phenoxy) is 1. The lowest BCUT2D eigenvalue weighted by molar-refractivity contribution is -0.138. The van der Waals surface area contributed by atoms with Gasteiger partial charge in [0, 0.05) is 18.5 Å². The molecule has 8 nitrogen and oxygen atoms in total. The number of hydrogen-bond donors (Lipinski definition) is 2. The molecule has 0 radical (unpaired) electrons. The lowest BCUT2D eigenvalue weighted by atomic mass is 9.77. The van der Waals surface area contributed by atoms with Gasteiger partial charge in [0.05, 0.1) is 6.54 Å². The van der Waals surface area contributed by atoms with Gasteiger partial charge in [-0.15, -0.1) is 0 Å². The number of nitrogens with two attached hydrogens (primary N) is 1. The van der Waals surface area contributed by atoms with Gasteiger partial charge in [-0.25, -0.2) is 4.98 Å². The van der Waals surface area contributed by atoms with E-state index in [0.717, 1.165) is 57.1 Å². The molecule has 188 valence electrons. The number of anilines is 2. The highest BCUT2D eigenvalue weighted by Gasteiger charge is 2.30. The molecule has 0 spiro atoms. The second-order valence-electron chi connectivity index (χ2n) is 9.73. The number of nitrogens with zero attached hydrogens (tertiary/aromatic N) is 3. The number of aliphatic carboxylic acids is 1. The number of hydrogen-bond acceptors (Lipinski definition) is 6. The fourth-order valence-corrected chi connectivity index (χ4v) is 5.22. The first-order valence-corrected chi connectivity index (χ1v) is 12.9. The average molecular weight is 481 g/mol. The molecule has 1 saturated carbocycles. The third kappa shape index (κ3) is 6.10. The van der Waals surface area contributed by atoms with Gasteiger partial charge in [-0.3, -0.25) is 9.59 Å². The maximum Gasteiger partial charge on any atom is 0.303 e. The van der Waals surface area contributed by atoms with Gasteiger partial charge in [-0.05, 0) is 61.6 Å². The standard InChI is InChI=1S/C27H36N4O4/c1-2-3-4-5-6-22-29-25(28)24-26(30-22)35-16-15-31(27(24)34)21-13-11-20(12-14-21)19-9-7-18(8-10-19)17-23(32)33/h11-14,18-19H,2-10,15-17H2,1H3,(H,32,33)(H2,28,29,30). The molecule has 0 bridgehead atoms. The van der Waals surface area contributed by atoms with Crippen LogP contribution in [0.4, 0.5) is 11.5 Å². The molecule has 0 atom stereocenters. The Morgan fingerprint density at radius 2 is 1.86 bits per heavy atom. The van der Waals surface area contributed by atoms with Crippen LogP contribution in [0.3, 0.4) is 0 Å². The summed E-state index contributed by atoms with van der Waals surface area (Å²) in [6, 6.07) is 8.11. The number of aryl methyl sites for hydroxylation is 1. The maximum atomic E-state index is 13.4. The normalized spacial score (nSPS) is 20.1. The van der Waals surface area contributed by atoms with Crippen LogP contribution >= 0.6 is 0 Å². The zero-order valence-corrected chi connectivity index (χ0v) is 20.5. The molecule has 4 rings (SSSR count). The largest absolute Gasteiger partial charge is 0.481 e. The van der Waals surface area contributed by atoms with E-state index in [9.17, 15) is 9.59 Å². The summed E-state index contributed by atoms with van der Waals surface area (Å²) in [5.74, 6) is 0.840. The molecule has 1 fully saturated rings. The van der Waals surface area contributed by atoms with Gasteiger partial charge in [0.1, 0.15) is 23.8 Å². The summed E-state index contributed by atoms with van der Waals surface area (Å²) >= 11 is 0. The lowest BCUT2D eigenvalue weighted by Gasteiger charge is -2.28. The highest BCUT2D eigenvalue weighted by atomic mass is 16.5. The SMILES string of the molecule is CCCCCCc1nc(N)c2c(n1)OCCN(c1ccc(C3CCC(CC(=O)O)CC3)cc1)C2=O. The van der Waals surface area contributed by atoms with Crippen molar-refractivity contribution in [2.24, 2.45) is 5.92 Å². The number of carbonyl (C=O) groups is 2. The minimum absolute atomic E-state index is 0.173. The van der Waals surface area contributed by atoms with Crippen molar-refractivity contribution in [3.63, 3.8) is 0 Å². The predicted octanol–water partition coefficient (Wildman–Crippen LogP) is 4.97. The minimum Gasteiger partial charge on any atom is -0.481 e. The summed E-state index contributed by atoms with van der Waals surface area (Å²) in [6.45, 7) is 2.91. The van der Waals surface area contributed by atoms with E-state index >= 15 is 0 Å². The van der Waals surface area contributed by atoms with Crippen LogP contribution in [-0.4, -0.2) is 40.1 Å². The predicted molar refractivity (Wildman–Crippen MR) is 135 cm³/mol. The summed E-state index contributed by atoms with van der Waals surface area (Å²) in [5.41, 5.74) is 8.48. The van der Waals surface area contributed by atoms with Crippen molar-refractivity contribution in [3.8, 4) is 5.88 Å². The zero-order valence-electron chi connectivity index (χ0n) is 20.5. The topological polar surface area (TPSA) is 119 Å². The molecular weight excluding hydrogens is 444 g/mol. The summed E-state index contributed by atoms with van der Waals surface area (Å²) < 4.78 is 5.84. The Kier molecular flexibility index (Phi) is 8.21. The molecule has 0 saturated heterocycles. The van der Waals surface area contributed by atoms with Crippen LogP contribution in [-0.2, 0) is 11.2 Å². The van der Waals surface area contributed by atoms with Crippen LogP contribution < -0.4 is 15.4 Å². The number of carbonyl (C=O) groups excluding carboxylic acids is 1. The number of benzene rings is 1. The van der Waals surface area contributed by atoms with Crippen LogP contribution in [0.15, 0.2) is 24.3 Å². The molecule has 1 aromatic carbocycles. The molecule has 2 heterocycles. The molecule has 3 N–H and O–H groups in total. The Bertz CT molecular complexity index is 1030. The van der Waals surface area contributed by atoms with E-state index in [2.05, 4.69) is 29.0 Å². The molecule has 2 aliphatic rings. The number of aromatic nitrogens is 2. The van der Waals surface area contributed by atoms with E-state index < -0.39 is 5.97 Å². The number of rotatable bonds is 9. The van der Waals surface area contributed by atoms with Crippen molar-refractivity contribution in [1.29, 1.82) is 0 Å². The van der Waals surface area contributed by atoms with Crippen LogP contribution in [0.2, 0.25) is 0 Å². The summed E-state index contributed by atoms with van der Waals surface area (Å²) in [5, 5.41) is 9.03. The van der Waals surface area contributed by atoms with Gasteiger partial charge in [0.2, 0.25) is 5.88 Å². The first-order chi connectivity index (χ1) is 17.0. The average Bonchev–Trinajstić information content (AvgIpc) is 3.01. The third-order valence-corrected chi connectivity index (χ3v) is 7.20. The van der Waals surface area contributed by atoms with Gasteiger partial charge < -0.3 is 20.5 Å². The van der Waals surface area contributed by atoms with E-state index in [1.54, 1.807) is 4.90 Å². The highest BCUT2D eigenvalue weighted by Crippen LogP contribution is 2.38. The van der Waals surface area contributed by atoms with Crippen LogP contribution in [0.1, 0.15) is 92.4 Å². The molecule has 1 aliphatic carbocycles. The Hall–Kier alpha value is -3.16. The minimum atomic E-state index is -0.709. The molecular formula is C27H36N4O4. The number of carboxylic acids is 1. The van der Waals surface area contributed by atoms with E-state index in [-0.39, 0.29) is 35.5 Å². The van der Waals surface area contributed by atoms with Gasteiger partial charge >= 0.3 is 5.97 Å². The van der Waals surface area contributed by atoms with Crippen molar-refractivity contribution in [2.75, 3.05) is 23.8 Å². The third-order valence-electron chi connectivity index (χ3n) is 7.20. The quantitative estimate of drug-likeness (QED) is 0.486. The molecule has 2 aromatic rings. The van der Waals surface area contributed by atoms with E-state index in [4.69, 9.17) is 15.6 Å². The Balaban J connectivity index is 1.44. The summed E-state index contributed by atoms with van der Waals surface area (Å²) in [7, 11) is 0. The monoisotopic (exact) mass is 480 g/mol. The van der Waals surface area contributed by atoms with Gasteiger partial charge in [0.25, 0.3) is 5.91 Å². The first-order valence-electron chi connectivity index (χ1n) is 12.9. The zero-order chi connectivity index (χ0) is 24.8. The number of amides is 1. The molecule has 35 heavy (non-hydrogen) atoms. The Morgan fingerprint density at radius 3 is 2.54 bits per heavy atom. The molecule has 0 unspecified atom stereocenters. The molecule has 1 amide bonds. The van der Waals surface area contributed by atoms with Gasteiger partial charge in [-0.1, -0.05) is 38.3 Å². The first kappa shape index (κ1) is 24.9. The molecule has 8 heteroatoms. The van der Waals surface area contributed by atoms with Crippen molar-refractivity contribution < 1.29 is 19.4 Å². The van der Waals surface area contributed by atoms with Gasteiger partial charge in [-0.2, -0.15) is 4.98 Å². The van der Waals surface area contributed by atoms with Crippen molar-refractivity contribution in [1.82, 2.24) is 9.97 Å². The van der Waals surface area contributed by atoms with Crippen molar-refractivity contribution in [3.05, 3.63) is 41.2 Å². The fourth-order valence-electron chi connectivity index (χ4n) is 5.22. The highest BCUT2D eigenvalue weighted by molar-refractivity contribution is 6.10. The maximum absolute atomic E-state index is 13.4. The number of carboxylic acid groups (broad SMARTS) is 1. The number of nitrogen functional groups attached to an aromatic ring is 1. The Labute approximate surface area is 206 Å². The van der Waals surface area contributed by atoms with Crippen LogP contribution in [0, 0.1) is 5.92 Å². The molecule has 1 aromatic heterocycles. The van der Waals surface area contributed by atoms with E-state index in [0.29, 0.717) is 24.9 Å². The van der Waals surface area contributed by atoms with E-state index in [1.807, 2.05) is 12.1 Å². The smallest absolute Gasteiger partial charge is 0.303 e. The second kappa shape index (κ2) is 11.5. The van der Waals surface area contributed by atoms with Gasteiger partial charge in [0.15, 0.2) is 0 Å². The van der Waals surface area contributed by atoms with Crippen molar-refractivity contribution >= 4 is 23.4 Å². The van der Waals surface area contributed by atoms with E-state index in [1.165, 1.54) is 12.0 Å².